The summed E-state index contributed by atoms with van der Waals surface area (Å²) in [6.45, 7) is 3.69. The highest BCUT2D eigenvalue weighted by atomic mass is 16.2. The van der Waals surface area contributed by atoms with E-state index in [9.17, 15) is 4.79 Å². The van der Waals surface area contributed by atoms with Gasteiger partial charge in [-0.25, -0.2) is 0 Å². The number of aromatic amines is 1. The van der Waals surface area contributed by atoms with Crippen LogP contribution in [0, 0.1) is 11.8 Å². The summed E-state index contributed by atoms with van der Waals surface area (Å²) < 4.78 is 1.84. The minimum Gasteiger partial charge on any atom is -0.384 e. The number of nitrogens with one attached hydrogen (secondary N) is 1. The van der Waals surface area contributed by atoms with Gasteiger partial charge in [0.05, 0.1) is 10.9 Å². The van der Waals surface area contributed by atoms with Gasteiger partial charge in [0.2, 0.25) is 5.95 Å². The molecule has 2 aromatic rings. The Bertz CT molecular complexity index is 700. The molecular formula is C12H14N4O2. The minimum atomic E-state index is -0.320. The lowest BCUT2D eigenvalue weighted by atomic mass is 10.2. The molecule has 0 aliphatic heterocycles. The Morgan fingerprint density at radius 1 is 1.61 bits per heavy atom. The van der Waals surface area contributed by atoms with Crippen molar-refractivity contribution in [1.82, 2.24) is 14.5 Å². The molecule has 6 nitrogen and oxygen atoms in total. The third-order valence-corrected chi connectivity index (χ3v) is 2.56. The van der Waals surface area contributed by atoms with E-state index in [2.05, 4.69) is 21.8 Å². The van der Waals surface area contributed by atoms with Crippen molar-refractivity contribution in [3.63, 3.8) is 0 Å². The smallest absolute Gasteiger partial charge is 0.263 e. The molecule has 2 rings (SSSR count). The molecule has 0 saturated heterocycles. The van der Waals surface area contributed by atoms with E-state index in [0.717, 1.165) is 0 Å². The Balaban J connectivity index is 2.85. The fraction of sp³-hybridized carbons (Fsp3) is 0.333. The van der Waals surface area contributed by atoms with Crippen LogP contribution < -0.4 is 11.3 Å². The maximum atomic E-state index is 11.9. The standard InChI is InChI=1S/C12H14N4O2/c1-7(2)16-6-8(4-3-5-17)9-10(16)14-12(13)15-11(9)18/h6-7,17H,5H2,1-2H3,(H3,13,14,15,18). The van der Waals surface area contributed by atoms with E-state index in [1.165, 1.54) is 0 Å². The summed E-state index contributed by atoms with van der Waals surface area (Å²) in [6, 6.07) is 0.130. The number of nitrogen functional groups attached to an aromatic ring is 1. The molecule has 0 aliphatic rings. The average Bonchev–Trinajstić information content (AvgIpc) is 2.65. The summed E-state index contributed by atoms with van der Waals surface area (Å²) >= 11 is 0. The number of nitrogens with two attached hydrogens (primary N) is 1. The summed E-state index contributed by atoms with van der Waals surface area (Å²) in [5, 5.41) is 9.13. The summed E-state index contributed by atoms with van der Waals surface area (Å²) in [5.41, 5.74) is 6.28. The van der Waals surface area contributed by atoms with E-state index in [0.29, 0.717) is 16.6 Å². The number of fused-ring (bicyclic) bond motifs is 1. The first-order valence-corrected chi connectivity index (χ1v) is 5.54. The van der Waals surface area contributed by atoms with Crippen molar-refractivity contribution < 1.29 is 5.11 Å². The summed E-state index contributed by atoms with van der Waals surface area (Å²) in [6.07, 6.45) is 1.75. The number of rotatable bonds is 1. The number of hydrogen-bond acceptors (Lipinski definition) is 4. The van der Waals surface area contributed by atoms with Crippen LogP contribution in [0.25, 0.3) is 11.0 Å². The van der Waals surface area contributed by atoms with E-state index in [1.807, 2.05) is 18.4 Å². The van der Waals surface area contributed by atoms with Gasteiger partial charge in [0, 0.05) is 12.2 Å². The predicted molar refractivity (Wildman–Crippen MR) is 69.1 cm³/mol. The fourth-order valence-electron chi connectivity index (χ4n) is 1.80. The molecular weight excluding hydrogens is 232 g/mol. The summed E-state index contributed by atoms with van der Waals surface area (Å²) in [5.74, 6) is 5.36. The lowest BCUT2D eigenvalue weighted by Gasteiger charge is -2.07. The molecule has 0 bridgehead atoms. The second kappa shape index (κ2) is 4.55. The van der Waals surface area contributed by atoms with Crippen LogP contribution in [0.4, 0.5) is 5.95 Å². The Morgan fingerprint density at radius 2 is 2.33 bits per heavy atom. The van der Waals surface area contributed by atoms with Gasteiger partial charge in [-0.1, -0.05) is 11.8 Å². The zero-order valence-corrected chi connectivity index (χ0v) is 10.2. The first-order valence-electron chi connectivity index (χ1n) is 5.54. The van der Waals surface area contributed by atoms with Crippen LogP contribution in [-0.4, -0.2) is 26.2 Å². The highest BCUT2D eigenvalue weighted by Gasteiger charge is 2.14. The molecule has 2 heterocycles. The molecule has 0 atom stereocenters. The van der Waals surface area contributed by atoms with Gasteiger partial charge in [-0.3, -0.25) is 9.78 Å². The van der Waals surface area contributed by atoms with Crippen LogP contribution in [0.1, 0.15) is 25.5 Å². The predicted octanol–water partition coefficient (Wildman–Crippen LogP) is 0.231. The number of hydrogen-bond donors (Lipinski definition) is 3. The van der Waals surface area contributed by atoms with Crippen molar-refractivity contribution >= 4 is 17.0 Å². The van der Waals surface area contributed by atoms with Crippen molar-refractivity contribution in [2.75, 3.05) is 12.3 Å². The molecule has 0 radical (unpaired) electrons. The van der Waals surface area contributed by atoms with Crippen LogP contribution >= 0.6 is 0 Å². The summed E-state index contributed by atoms with van der Waals surface area (Å²) in [7, 11) is 0. The van der Waals surface area contributed by atoms with Crippen LogP contribution in [0.5, 0.6) is 0 Å². The molecule has 0 unspecified atom stereocenters. The maximum absolute atomic E-state index is 11.9. The Labute approximate surface area is 103 Å². The SMILES string of the molecule is CC(C)n1cc(C#CCO)c2c(=O)[nH]c(N)nc21. The monoisotopic (exact) mass is 246 g/mol. The van der Waals surface area contributed by atoms with Gasteiger partial charge in [0.1, 0.15) is 6.61 Å². The average molecular weight is 246 g/mol. The first kappa shape index (κ1) is 12.2. The Hall–Kier alpha value is -2.26. The quantitative estimate of drug-likeness (QED) is 0.627. The fourth-order valence-corrected chi connectivity index (χ4v) is 1.80. The van der Waals surface area contributed by atoms with Gasteiger partial charge in [-0.15, -0.1) is 0 Å². The molecule has 0 aromatic carbocycles. The second-order valence-corrected chi connectivity index (χ2v) is 4.15. The lowest BCUT2D eigenvalue weighted by Crippen LogP contribution is -2.12. The van der Waals surface area contributed by atoms with Crippen molar-refractivity contribution in [2.24, 2.45) is 0 Å². The number of aliphatic hydroxyl groups excluding tert-OH is 1. The topological polar surface area (TPSA) is 96.9 Å². The lowest BCUT2D eigenvalue weighted by molar-refractivity contribution is 0.350. The van der Waals surface area contributed by atoms with Crippen molar-refractivity contribution in [3.05, 3.63) is 22.1 Å². The van der Waals surface area contributed by atoms with E-state index < -0.39 is 0 Å². The molecule has 0 saturated carbocycles. The largest absolute Gasteiger partial charge is 0.384 e. The molecule has 0 amide bonds. The van der Waals surface area contributed by atoms with E-state index in [1.54, 1.807) is 6.20 Å². The third-order valence-electron chi connectivity index (χ3n) is 2.56. The van der Waals surface area contributed by atoms with Crippen LogP contribution in [0.15, 0.2) is 11.0 Å². The van der Waals surface area contributed by atoms with Gasteiger partial charge in [0.25, 0.3) is 5.56 Å². The van der Waals surface area contributed by atoms with E-state index in [-0.39, 0.29) is 24.2 Å². The summed E-state index contributed by atoms with van der Waals surface area (Å²) in [4.78, 5) is 18.5. The highest BCUT2D eigenvalue weighted by Crippen LogP contribution is 2.19. The van der Waals surface area contributed by atoms with E-state index in [4.69, 9.17) is 10.8 Å². The normalized spacial score (nSPS) is 10.7. The number of nitrogens with zero attached hydrogens (tertiary/aromatic N) is 2. The zero-order chi connectivity index (χ0) is 13.3. The molecule has 0 spiro atoms. The molecule has 18 heavy (non-hydrogen) atoms. The maximum Gasteiger partial charge on any atom is 0.263 e. The van der Waals surface area contributed by atoms with Crippen molar-refractivity contribution in [3.8, 4) is 11.8 Å². The number of aromatic nitrogens is 3. The van der Waals surface area contributed by atoms with Crippen LogP contribution in [0.3, 0.4) is 0 Å². The molecule has 2 aromatic heterocycles. The van der Waals surface area contributed by atoms with Crippen LogP contribution in [0.2, 0.25) is 0 Å². The van der Waals surface area contributed by atoms with E-state index >= 15 is 0 Å². The van der Waals surface area contributed by atoms with Crippen molar-refractivity contribution in [2.45, 2.75) is 19.9 Å². The van der Waals surface area contributed by atoms with Crippen molar-refractivity contribution in [1.29, 1.82) is 0 Å². The molecule has 0 fully saturated rings. The molecule has 4 N–H and O–H groups in total. The minimum absolute atomic E-state index is 0.0779. The second-order valence-electron chi connectivity index (χ2n) is 4.15. The van der Waals surface area contributed by atoms with Gasteiger partial charge in [-0.2, -0.15) is 4.98 Å². The van der Waals surface area contributed by atoms with Gasteiger partial charge in [-0.05, 0) is 13.8 Å². The molecule has 0 aliphatic carbocycles. The van der Waals surface area contributed by atoms with Gasteiger partial charge < -0.3 is 15.4 Å². The highest BCUT2D eigenvalue weighted by molar-refractivity contribution is 5.83. The zero-order valence-electron chi connectivity index (χ0n) is 10.2. The van der Waals surface area contributed by atoms with Gasteiger partial charge in [0.15, 0.2) is 5.65 Å². The number of H-pyrrole nitrogens is 1. The van der Waals surface area contributed by atoms with Gasteiger partial charge >= 0.3 is 0 Å². The Morgan fingerprint density at radius 3 is 2.94 bits per heavy atom. The number of anilines is 1. The third kappa shape index (κ3) is 1.96. The molecule has 94 valence electrons. The number of aliphatic hydroxyl groups is 1. The first-order chi connectivity index (χ1) is 8.54. The Kier molecular flexibility index (Phi) is 3.08. The van der Waals surface area contributed by atoms with Crippen LogP contribution in [-0.2, 0) is 0 Å². The molecule has 6 heteroatoms.